The van der Waals surface area contributed by atoms with Crippen LogP contribution in [0.5, 0.6) is 0 Å². The number of anilines is 2. The van der Waals surface area contributed by atoms with Crippen LogP contribution in [0.4, 0.5) is 10.8 Å². The van der Waals surface area contributed by atoms with E-state index in [4.69, 9.17) is 14.5 Å². The lowest BCUT2D eigenvalue weighted by molar-refractivity contribution is -0.00437. The number of morpholine rings is 1. The Bertz CT molecular complexity index is 1110. The van der Waals surface area contributed by atoms with Gasteiger partial charge in [-0.25, -0.2) is 4.98 Å². The van der Waals surface area contributed by atoms with Crippen LogP contribution in [0.1, 0.15) is 67.6 Å². The van der Waals surface area contributed by atoms with Crippen LogP contribution < -0.4 is 15.5 Å². The molecule has 1 aromatic heterocycles. The molecule has 8 nitrogen and oxygen atoms in total. The Morgan fingerprint density at radius 2 is 1.97 bits per heavy atom. The molecule has 3 aliphatic rings. The molecule has 1 aromatic carbocycles. The van der Waals surface area contributed by atoms with Gasteiger partial charge in [-0.05, 0) is 56.7 Å². The summed E-state index contributed by atoms with van der Waals surface area (Å²) >= 11 is 1.69. The first-order chi connectivity index (χ1) is 18.6. The molecule has 206 valence electrons. The van der Waals surface area contributed by atoms with Gasteiger partial charge in [0.25, 0.3) is 5.91 Å². The van der Waals surface area contributed by atoms with E-state index in [0.717, 1.165) is 86.4 Å². The van der Waals surface area contributed by atoms with Crippen molar-refractivity contribution in [3.05, 3.63) is 46.5 Å². The number of aromatic nitrogens is 1. The third-order valence-corrected chi connectivity index (χ3v) is 8.50. The van der Waals surface area contributed by atoms with Crippen LogP contribution in [0.25, 0.3) is 5.70 Å². The summed E-state index contributed by atoms with van der Waals surface area (Å²) in [6.45, 7) is 11.0. The van der Waals surface area contributed by atoms with E-state index in [-0.39, 0.29) is 11.9 Å². The van der Waals surface area contributed by atoms with E-state index in [2.05, 4.69) is 63.9 Å². The molecule has 3 aliphatic heterocycles. The van der Waals surface area contributed by atoms with Gasteiger partial charge >= 0.3 is 0 Å². The molecule has 0 saturated carbocycles. The second kappa shape index (κ2) is 13.1. The van der Waals surface area contributed by atoms with E-state index in [1.165, 1.54) is 12.8 Å². The van der Waals surface area contributed by atoms with Crippen LogP contribution in [0.3, 0.4) is 0 Å². The summed E-state index contributed by atoms with van der Waals surface area (Å²) in [6, 6.07) is 6.74. The van der Waals surface area contributed by atoms with Crippen LogP contribution in [0.2, 0.25) is 0 Å². The predicted octanol–water partition coefficient (Wildman–Crippen LogP) is 4.74. The molecule has 0 aliphatic carbocycles. The number of nitrogens with one attached hydrogen (secondary N) is 2. The summed E-state index contributed by atoms with van der Waals surface area (Å²) in [6.07, 6.45) is 7.18. The van der Waals surface area contributed by atoms with E-state index < -0.39 is 0 Å². The number of thiazole rings is 1. The van der Waals surface area contributed by atoms with Crippen molar-refractivity contribution < 1.29 is 14.3 Å². The van der Waals surface area contributed by atoms with E-state index in [1.807, 2.05) is 0 Å². The summed E-state index contributed by atoms with van der Waals surface area (Å²) < 4.78 is 11.1. The Labute approximate surface area is 230 Å². The maximum atomic E-state index is 13.6. The fourth-order valence-electron chi connectivity index (χ4n) is 5.33. The number of hydrogen-bond acceptors (Lipinski definition) is 8. The molecule has 38 heavy (non-hydrogen) atoms. The minimum Gasteiger partial charge on any atom is -0.381 e. The molecule has 5 rings (SSSR count). The van der Waals surface area contributed by atoms with Crippen LogP contribution >= 0.6 is 11.3 Å². The quantitative estimate of drug-likeness (QED) is 0.477. The summed E-state index contributed by atoms with van der Waals surface area (Å²) in [5.41, 5.74) is 4.49. The highest BCUT2D eigenvalue weighted by atomic mass is 32.1. The van der Waals surface area contributed by atoms with Gasteiger partial charge in [-0.3, -0.25) is 9.69 Å². The Morgan fingerprint density at radius 3 is 2.74 bits per heavy atom. The maximum absolute atomic E-state index is 13.6. The fraction of sp³-hybridized carbons (Fsp3) is 0.586. The largest absolute Gasteiger partial charge is 0.381 e. The first kappa shape index (κ1) is 27.1. The Balaban J connectivity index is 1.39. The first-order valence-electron chi connectivity index (χ1n) is 14.1. The molecule has 1 amide bonds. The van der Waals surface area contributed by atoms with Crippen LogP contribution in [-0.4, -0.2) is 73.9 Å². The molecule has 1 atom stereocenters. The van der Waals surface area contributed by atoms with Gasteiger partial charge in [0.15, 0.2) is 5.13 Å². The van der Waals surface area contributed by atoms with Gasteiger partial charge in [-0.2, -0.15) is 0 Å². The summed E-state index contributed by atoms with van der Waals surface area (Å²) in [5.74, 6) is -0.0387. The van der Waals surface area contributed by atoms with Crippen molar-refractivity contribution in [1.82, 2.24) is 15.2 Å². The van der Waals surface area contributed by atoms with Crippen molar-refractivity contribution in [3.8, 4) is 0 Å². The molecule has 9 heteroatoms. The van der Waals surface area contributed by atoms with Gasteiger partial charge < -0.3 is 25.0 Å². The van der Waals surface area contributed by atoms with Crippen molar-refractivity contribution >= 4 is 33.8 Å². The molecule has 3 saturated heterocycles. The zero-order chi connectivity index (χ0) is 26.3. The number of nitrogens with zero attached hydrogens (tertiary/aromatic N) is 3. The monoisotopic (exact) mass is 539 g/mol. The minimum atomic E-state index is -0.0387. The minimum absolute atomic E-state index is 0.0387. The highest BCUT2D eigenvalue weighted by Crippen LogP contribution is 2.30. The molecule has 2 N–H and O–H groups in total. The second-order valence-corrected chi connectivity index (χ2v) is 11.3. The van der Waals surface area contributed by atoms with Crippen molar-refractivity contribution in [2.75, 3.05) is 56.3 Å². The lowest BCUT2D eigenvalue weighted by Crippen LogP contribution is -2.43. The van der Waals surface area contributed by atoms with Gasteiger partial charge in [0.1, 0.15) is 0 Å². The number of hydrogen-bond donors (Lipinski definition) is 2. The zero-order valence-electron chi connectivity index (χ0n) is 22.7. The average molecular weight is 540 g/mol. The summed E-state index contributed by atoms with van der Waals surface area (Å²) in [5, 5.41) is 10.1. The SMILES string of the molecule is CC/C=C(/Nc1ccc(CN2CCOC[C@H]2C)cc1C(=O)NC1CCOCC1)c1csc(N2CCCC2)n1. The third-order valence-electron chi connectivity index (χ3n) is 7.60. The third kappa shape index (κ3) is 6.75. The average Bonchev–Trinajstić information content (AvgIpc) is 3.64. The van der Waals surface area contributed by atoms with Gasteiger partial charge in [-0.1, -0.05) is 19.1 Å². The van der Waals surface area contributed by atoms with Crippen LogP contribution in [-0.2, 0) is 16.0 Å². The first-order valence-corrected chi connectivity index (χ1v) is 15.0. The topological polar surface area (TPSA) is 79.0 Å². The van der Waals surface area contributed by atoms with Gasteiger partial charge in [0.05, 0.1) is 35.9 Å². The van der Waals surface area contributed by atoms with Crippen molar-refractivity contribution in [2.45, 2.75) is 64.6 Å². The molecule has 0 unspecified atom stereocenters. The second-order valence-electron chi connectivity index (χ2n) is 10.5. The van der Waals surface area contributed by atoms with E-state index in [9.17, 15) is 4.79 Å². The van der Waals surface area contributed by atoms with Crippen LogP contribution in [0.15, 0.2) is 29.7 Å². The molecule has 3 fully saturated rings. The van der Waals surface area contributed by atoms with E-state index in [0.29, 0.717) is 24.8 Å². The molecule has 0 bridgehead atoms. The summed E-state index contributed by atoms with van der Waals surface area (Å²) in [7, 11) is 0. The number of benzene rings is 1. The number of ether oxygens (including phenoxy) is 2. The Hall–Kier alpha value is -2.46. The van der Waals surface area contributed by atoms with Gasteiger partial charge in [-0.15, -0.1) is 11.3 Å². The number of carbonyl (C=O) groups is 1. The molecule has 4 heterocycles. The normalized spacial score (nSPS) is 21.6. The van der Waals surface area contributed by atoms with Gasteiger partial charge in [0.2, 0.25) is 0 Å². The highest BCUT2D eigenvalue weighted by molar-refractivity contribution is 7.13. The van der Waals surface area contributed by atoms with Crippen molar-refractivity contribution in [3.63, 3.8) is 0 Å². The fourth-order valence-corrected chi connectivity index (χ4v) is 6.21. The highest BCUT2D eigenvalue weighted by Gasteiger charge is 2.23. The Kier molecular flexibility index (Phi) is 9.32. The maximum Gasteiger partial charge on any atom is 0.253 e. The smallest absolute Gasteiger partial charge is 0.253 e. The Morgan fingerprint density at radius 1 is 1.16 bits per heavy atom. The standard InChI is InChI=1S/C29H41N5O3S/c1-3-6-26(27-20-38-29(32-27)33-11-4-5-12-33)31-25-8-7-22(18-34-13-16-37-19-21(34)2)17-24(25)28(35)30-23-9-14-36-15-10-23/h6-8,17,20-21,23,31H,3-5,9-16,18-19H2,1-2H3,(H,30,35)/b26-6+/t21-/m1/s1. The van der Waals surface area contributed by atoms with E-state index >= 15 is 0 Å². The number of allylic oxidation sites excluding steroid dienone is 1. The number of carbonyl (C=O) groups excluding carboxylic acids is 1. The molecule has 2 aromatic rings. The lowest BCUT2D eigenvalue weighted by Gasteiger charge is -2.33. The molecule has 0 radical (unpaired) electrons. The molecule has 0 spiro atoms. The van der Waals surface area contributed by atoms with Crippen LogP contribution in [0, 0.1) is 0 Å². The number of rotatable bonds is 9. The van der Waals surface area contributed by atoms with E-state index in [1.54, 1.807) is 11.3 Å². The van der Waals surface area contributed by atoms with Crippen molar-refractivity contribution in [2.24, 2.45) is 0 Å². The number of amides is 1. The van der Waals surface area contributed by atoms with Gasteiger partial charge in [0, 0.05) is 56.9 Å². The molecular weight excluding hydrogens is 498 g/mol. The lowest BCUT2D eigenvalue weighted by atomic mass is 10.0. The predicted molar refractivity (Wildman–Crippen MR) is 154 cm³/mol. The zero-order valence-corrected chi connectivity index (χ0v) is 23.5. The summed E-state index contributed by atoms with van der Waals surface area (Å²) in [4.78, 5) is 23.4. The van der Waals surface area contributed by atoms with Crippen molar-refractivity contribution in [1.29, 1.82) is 0 Å². The molecular formula is C29H41N5O3S.